The lowest BCUT2D eigenvalue weighted by molar-refractivity contribution is 0.102. The van der Waals surface area contributed by atoms with Crippen LogP contribution in [0.4, 0.5) is 11.4 Å². The third-order valence-corrected chi connectivity index (χ3v) is 7.11. The maximum absolute atomic E-state index is 12.9. The fraction of sp³-hybridized carbons (Fsp3) is 0.136. The number of carbonyl (C=O) groups is 1. The molecular formula is C22H21ClN2O3S. The Bertz CT molecular complexity index is 1040. The topological polar surface area (TPSA) is 72.8 Å². The Morgan fingerprint density at radius 3 is 2.45 bits per heavy atom. The highest BCUT2D eigenvalue weighted by molar-refractivity contribution is 8.25. The number of benzene rings is 3. The SMILES string of the molecule is O=C(Nc1cccc(-c2ccccc2)c1)c1cc(N2CCCS2(O)O)ccc1Cl. The Morgan fingerprint density at radius 2 is 1.72 bits per heavy atom. The van der Waals surface area contributed by atoms with Gasteiger partial charge in [0.15, 0.2) is 0 Å². The van der Waals surface area contributed by atoms with Crippen LogP contribution in [-0.2, 0) is 0 Å². The van der Waals surface area contributed by atoms with E-state index in [0.29, 0.717) is 35.1 Å². The molecule has 0 unspecified atom stereocenters. The molecule has 5 nitrogen and oxygen atoms in total. The van der Waals surface area contributed by atoms with Gasteiger partial charge in [0.05, 0.1) is 22.0 Å². The lowest BCUT2D eigenvalue weighted by Gasteiger charge is -2.38. The monoisotopic (exact) mass is 428 g/mol. The maximum Gasteiger partial charge on any atom is 0.257 e. The summed E-state index contributed by atoms with van der Waals surface area (Å²) in [5.74, 6) is -0.0126. The minimum absolute atomic E-state index is 0.288. The van der Waals surface area contributed by atoms with Crippen LogP contribution < -0.4 is 9.62 Å². The predicted octanol–water partition coefficient (Wildman–Crippen LogP) is 6.14. The second-order valence-electron chi connectivity index (χ2n) is 6.86. The summed E-state index contributed by atoms with van der Waals surface area (Å²) in [5.41, 5.74) is 3.58. The number of amides is 1. The van der Waals surface area contributed by atoms with E-state index in [1.165, 1.54) is 0 Å². The summed E-state index contributed by atoms with van der Waals surface area (Å²) >= 11 is 6.26. The van der Waals surface area contributed by atoms with Gasteiger partial charge < -0.3 is 5.32 Å². The quantitative estimate of drug-likeness (QED) is 0.467. The van der Waals surface area contributed by atoms with Crippen molar-refractivity contribution in [3.05, 3.63) is 83.4 Å². The van der Waals surface area contributed by atoms with Crippen molar-refractivity contribution in [2.24, 2.45) is 0 Å². The zero-order valence-corrected chi connectivity index (χ0v) is 17.2. The summed E-state index contributed by atoms with van der Waals surface area (Å²) in [6, 6.07) is 22.4. The second kappa shape index (κ2) is 8.08. The van der Waals surface area contributed by atoms with Crippen LogP contribution in [0.2, 0.25) is 5.02 Å². The van der Waals surface area contributed by atoms with E-state index in [-0.39, 0.29) is 11.5 Å². The number of carbonyl (C=O) groups excluding carboxylic acids is 1. The second-order valence-corrected chi connectivity index (χ2v) is 9.38. The maximum atomic E-state index is 12.9. The van der Waals surface area contributed by atoms with Crippen LogP contribution >= 0.6 is 22.4 Å². The van der Waals surface area contributed by atoms with E-state index in [9.17, 15) is 13.9 Å². The molecule has 1 fully saturated rings. The van der Waals surface area contributed by atoms with E-state index in [2.05, 4.69) is 5.32 Å². The molecule has 1 heterocycles. The van der Waals surface area contributed by atoms with Gasteiger partial charge in [-0.3, -0.25) is 18.2 Å². The van der Waals surface area contributed by atoms with Crippen LogP contribution in [0.3, 0.4) is 0 Å². The largest absolute Gasteiger partial charge is 0.322 e. The van der Waals surface area contributed by atoms with Crippen LogP contribution in [0.15, 0.2) is 72.8 Å². The first-order valence-corrected chi connectivity index (χ1v) is 11.3. The molecule has 29 heavy (non-hydrogen) atoms. The Hall–Kier alpha value is -2.51. The predicted molar refractivity (Wildman–Crippen MR) is 121 cm³/mol. The molecule has 1 aliphatic heterocycles. The minimum Gasteiger partial charge on any atom is -0.322 e. The Morgan fingerprint density at radius 1 is 0.966 bits per heavy atom. The number of nitrogens with one attached hydrogen (secondary N) is 1. The molecule has 0 saturated carbocycles. The molecule has 3 aromatic carbocycles. The van der Waals surface area contributed by atoms with Crippen LogP contribution in [-0.4, -0.2) is 27.3 Å². The number of halogens is 1. The smallest absolute Gasteiger partial charge is 0.257 e. The summed E-state index contributed by atoms with van der Waals surface area (Å²) in [4.78, 5) is 12.9. The molecule has 0 bridgehead atoms. The van der Waals surface area contributed by atoms with Gasteiger partial charge in [-0.05, 0) is 47.9 Å². The molecule has 0 spiro atoms. The molecule has 3 aromatic rings. The molecule has 0 aromatic heterocycles. The highest BCUT2D eigenvalue weighted by Crippen LogP contribution is 2.51. The van der Waals surface area contributed by atoms with Crippen molar-refractivity contribution in [1.29, 1.82) is 0 Å². The lowest BCUT2D eigenvalue weighted by Crippen LogP contribution is -2.22. The number of hydrogen-bond donors (Lipinski definition) is 3. The highest BCUT2D eigenvalue weighted by atomic mass is 35.5. The Labute approximate surface area is 176 Å². The molecule has 3 N–H and O–H groups in total. The van der Waals surface area contributed by atoms with Crippen LogP contribution in [0.25, 0.3) is 11.1 Å². The molecular weight excluding hydrogens is 408 g/mol. The summed E-state index contributed by atoms with van der Waals surface area (Å²) in [6.45, 7) is 0.532. The molecule has 1 aliphatic rings. The van der Waals surface area contributed by atoms with Crippen molar-refractivity contribution in [1.82, 2.24) is 0 Å². The molecule has 0 atom stereocenters. The first kappa shape index (κ1) is 19.8. The Kier molecular flexibility index (Phi) is 5.52. The number of nitrogens with zero attached hydrogens (tertiary/aromatic N) is 1. The number of anilines is 2. The van der Waals surface area contributed by atoms with E-state index >= 15 is 0 Å². The van der Waals surface area contributed by atoms with Gasteiger partial charge in [-0.2, -0.15) is 0 Å². The van der Waals surface area contributed by atoms with Crippen LogP contribution in [0, 0.1) is 0 Å². The first-order chi connectivity index (χ1) is 13.9. The third-order valence-electron chi connectivity index (χ3n) is 4.84. The van der Waals surface area contributed by atoms with Crippen molar-refractivity contribution in [3.8, 4) is 11.1 Å². The summed E-state index contributed by atoms with van der Waals surface area (Å²) in [6.07, 6.45) is 0.693. The van der Waals surface area contributed by atoms with Gasteiger partial charge in [-0.1, -0.05) is 54.1 Å². The van der Waals surface area contributed by atoms with Crippen molar-refractivity contribution >= 4 is 39.7 Å². The first-order valence-electron chi connectivity index (χ1n) is 9.24. The van der Waals surface area contributed by atoms with E-state index < -0.39 is 10.8 Å². The highest BCUT2D eigenvalue weighted by Gasteiger charge is 2.29. The van der Waals surface area contributed by atoms with Gasteiger partial charge in [0, 0.05) is 12.2 Å². The molecule has 0 radical (unpaired) electrons. The van der Waals surface area contributed by atoms with E-state index in [1.807, 2.05) is 54.6 Å². The van der Waals surface area contributed by atoms with Gasteiger partial charge in [-0.15, -0.1) is 10.8 Å². The van der Waals surface area contributed by atoms with E-state index in [1.54, 1.807) is 22.5 Å². The Balaban J connectivity index is 1.58. The number of rotatable bonds is 4. The van der Waals surface area contributed by atoms with Crippen molar-refractivity contribution in [3.63, 3.8) is 0 Å². The zero-order chi connectivity index (χ0) is 20.4. The minimum atomic E-state index is -2.83. The molecule has 1 saturated heterocycles. The zero-order valence-electron chi connectivity index (χ0n) is 15.6. The third kappa shape index (κ3) is 4.26. The molecule has 4 rings (SSSR count). The number of hydrogen-bond acceptors (Lipinski definition) is 4. The fourth-order valence-electron chi connectivity index (χ4n) is 3.40. The molecule has 150 valence electrons. The van der Waals surface area contributed by atoms with Gasteiger partial charge in [-0.25, -0.2) is 0 Å². The average molecular weight is 429 g/mol. The van der Waals surface area contributed by atoms with Crippen molar-refractivity contribution < 1.29 is 13.9 Å². The molecule has 1 amide bonds. The standard InChI is InChI=1S/C22H21ClN2O3S/c23-21-11-10-19(25-12-5-13-29(25,27)28)15-20(21)22(26)24-18-9-4-8-17(14-18)16-6-2-1-3-7-16/h1-4,6-11,14-15,27-28H,5,12-13H2,(H,24,26). The summed E-state index contributed by atoms with van der Waals surface area (Å²) < 4.78 is 22.0. The van der Waals surface area contributed by atoms with Crippen LogP contribution in [0.1, 0.15) is 16.8 Å². The van der Waals surface area contributed by atoms with Crippen molar-refractivity contribution in [2.45, 2.75) is 6.42 Å². The van der Waals surface area contributed by atoms with Gasteiger partial charge in [0.25, 0.3) is 5.91 Å². The van der Waals surface area contributed by atoms with Gasteiger partial charge in [0.2, 0.25) is 0 Å². The summed E-state index contributed by atoms with van der Waals surface area (Å²) in [7, 11) is -2.83. The van der Waals surface area contributed by atoms with Crippen LogP contribution in [0.5, 0.6) is 0 Å². The average Bonchev–Trinajstić information content (AvgIpc) is 3.08. The van der Waals surface area contributed by atoms with Gasteiger partial charge >= 0.3 is 0 Å². The van der Waals surface area contributed by atoms with E-state index in [0.717, 1.165) is 11.1 Å². The van der Waals surface area contributed by atoms with Gasteiger partial charge in [0.1, 0.15) is 0 Å². The fourth-order valence-corrected chi connectivity index (χ4v) is 5.22. The molecule has 0 aliphatic carbocycles. The molecule has 7 heteroatoms. The summed E-state index contributed by atoms with van der Waals surface area (Å²) in [5, 5.41) is 3.19. The van der Waals surface area contributed by atoms with Crippen molar-refractivity contribution in [2.75, 3.05) is 21.9 Å². The van der Waals surface area contributed by atoms with E-state index in [4.69, 9.17) is 11.6 Å². The lowest BCUT2D eigenvalue weighted by atomic mass is 10.1. The normalized spacial score (nSPS) is 16.4.